The summed E-state index contributed by atoms with van der Waals surface area (Å²) in [6.45, 7) is 0. The number of hydrogen-bond acceptors (Lipinski definition) is 5. The van der Waals surface area contributed by atoms with Crippen molar-refractivity contribution in [3.63, 3.8) is 0 Å². The van der Waals surface area contributed by atoms with Gasteiger partial charge in [0.1, 0.15) is 11.5 Å². The van der Waals surface area contributed by atoms with Crippen LogP contribution in [0.2, 0.25) is 0 Å². The first-order valence-corrected chi connectivity index (χ1v) is 12.7. The average molecular weight is 508 g/mol. The van der Waals surface area contributed by atoms with Crippen LogP contribution in [0, 0.1) is 0 Å². The number of para-hydroxylation sites is 3. The molecule has 0 aliphatic rings. The summed E-state index contributed by atoms with van der Waals surface area (Å²) in [7, 11) is 0. The third kappa shape index (κ3) is 5.20. The van der Waals surface area contributed by atoms with E-state index in [0.29, 0.717) is 22.9 Å². The van der Waals surface area contributed by atoms with Crippen LogP contribution in [0.15, 0.2) is 146 Å². The minimum Gasteiger partial charge on any atom is -0.507 e. The number of phenols is 1. The Bertz CT molecular complexity index is 1650. The predicted octanol–water partition coefficient (Wildman–Crippen LogP) is 8.78. The highest BCUT2D eigenvalue weighted by atomic mass is 16.5. The third-order valence-electron chi connectivity index (χ3n) is 6.29. The van der Waals surface area contributed by atoms with E-state index in [2.05, 4.69) is 40.2 Å². The number of ether oxygens (including phenoxy) is 1. The fraction of sp³-hybridized carbons (Fsp3) is 0. The van der Waals surface area contributed by atoms with Crippen molar-refractivity contribution in [3.05, 3.63) is 146 Å². The number of anilines is 3. The van der Waals surface area contributed by atoms with Crippen LogP contribution in [0.1, 0.15) is 0 Å². The van der Waals surface area contributed by atoms with Crippen molar-refractivity contribution in [2.75, 3.05) is 4.90 Å². The molecule has 0 aliphatic carbocycles. The molecule has 0 radical (unpaired) electrons. The second-order valence-electron chi connectivity index (χ2n) is 8.89. The summed E-state index contributed by atoms with van der Waals surface area (Å²) in [5, 5.41) is 10.6. The van der Waals surface area contributed by atoms with Crippen LogP contribution in [-0.2, 0) is 0 Å². The predicted molar refractivity (Wildman–Crippen MR) is 156 cm³/mol. The number of phenolic OH excluding ortho intramolecular Hbond substituents is 1. The van der Waals surface area contributed by atoms with Crippen molar-refractivity contribution < 1.29 is 9.84 Å². The minimum absolute atomic E-state index is 0.180. The number of benzene rings is 4. The minimum atomic E-state index is 0.180. The van der Waals surface area contributed by atoms with Gasteiger partial charge in [0.15, 0.2) is 0 Å². The van der Waals surface area contributed by atoms with Gasteiger partial charge < -0.3 is 14.7 Å². The molecular weight excluding hydrogens is 482 g/mol. The van der Waals surface area contributed by atoms with Gasteiger partial charge in [0.25, 0.3) is 0 Å². The van der Waals surface area contributed by atoms with E-state index in [4.69, 9.17) is 9.72 Å². The van der Waals surface area contributed by atoms with Gasteiger partial charge in [-0.3, -0.25) is 0 Å². The molecule has 6 rings (SSSR count). The van der Waals surface area contributed by atoms with Gasteiger partial charge in [-0.15, -0.1) is 0 Å². The van der Waals surface area contributed by atoms with E-state index in [-0.39, 0.29) is 5.75 Å². The maximum Gasteiger partial charge on any atom is 0.219 e. The molecule has 0 saturated carbocycles. The lowest BCUT2D eigenvalue weighted by Gasteiger charge is -2.27. The van der Waals surface area contributed by atoms with Crippen molar-refractivity contribution in [3.8, 4) is 39.9 Å². The highest BCUT2D eigenvalue weighted by Gasteiger charge is 2.20. The normalized spacial score (nSPS) is 10.7. The Labute approximate surface area is 227 Å². The van der Waals surface area contributed by atoms with Crippen LogP contribution >= 0.6 is 0 Å². The molecule has 0 atom stereocenters. The molecule has 5 nitrogen and oxygen atoms in total. The van der Waals surface area contributed by atoms with Crippen molar-refractivity contribution >= 4 is 17.1 Å². The first kappa shape index (κ1) is 23.9. The Morgan fingerprint density at radius 3 is 2.00 bits per heavy atom. The Hall–Kier alpha value is -5.42. The Morgan fingerprint density at radius 1 is 0.615 bits per heavy atom. The highest BCUT2D eigenvalue weighted by molar-refractivity contribution is 5.88. The molecule has 0 saturated heterocycles. The van der Waals surface area contributed by atoms with Crippen molar-refractivity contribution in [2.24, 2.45) is 0 Å². The molecule has 0 fully saturated rings. The van der Waals surface area contributed by atoms with Gasteiger partial charge in [-0.1, -0.05) is 66.7 Å². The van der Waals surface area contributed by atoms with E-state index < -0.39 is 0 Å². The SMILES string of the molecule is Oc1ccccc1-c1ccc(N(c2ccccc2)c2ccccc2)c(-c2cccc(Oc3ccccn3)c2)n1. The van der Waals surface area contributed by atoms with Crippen LogP contribution in [0.3, 0.4) is 0 Å². The number of rotatable bonds is 7. The smallest absolute Gasteiger partial charge is 0.219 e. The fourth-order valence-electron chi connectivity index (χ4n) is 4.50. The number of hydrogen-bond donors (Lipinski definition) is 1. The summed E-state index contributed by atoms with van der Waals surface area (Å²) in [6, 6.07) is 45.0. The number of aromatic nitrogens is 2. The van der Waals surface area contributed by atoms with Crippen molar-refractivity contribution in [1.29, 1.82) is 0 Å². The molecule has 1 N–H and O–H groups in total. The quantitative estimate of drug-likeness (QED) is 0.234. The molecule has 0 amide bonds. The molecule has 0 spiro atoms. The molecule has 0 bridgehead atoms. The molecule has 2 aromatic heterocycles. The zero-order valence-corrected chi connectivity index (χ0v) is 21.1. The lowest BCUT2D eigenvalue weighted by Crippen LogP contribution is -2.12. The van der Waals surface area contributed by atoms with E-state index in [9.17, 15) is 5.11 Å². The third-order valence-corrected chi connectivity index (χ3v) is 6.29. The summed E-state index contributed by atoms with van der Waals surface area (Å²) in [5.74, 6) is 1.35. The van der Waals surface area contributed by atoms with Crippen LogP contribution in [0.25, 0.3) is 22.5 Å². The lowest BCUT2D eigenvalue weighted by atomic mass is 10.0. The molecule has 2 heterocycles. The first-order valence-electron chi connectivity index (χ1n) is 12.7. The summed E-state index contributed by atoms with van der Waals surface area (Å²) < 4.78 is 6.05. The van der Waals surface area contributed by atoms with E-state index in [1.54, 1.807) is 18.3 Å². The molecule has 188 valence electrons. The van der Waals surface area contributed by atoms with Gasteiger partial charge in [0.05, 0.1) is 17.1 Å². The number of pyridine rings is 2. The summed E-state index contributed by atoms with van der Waals surface area (Å²) in [4.78, 5) is 11.6. The molecule has 5 heteroatoms. The number of aromatic hydroxyl groups is 1. The van der Waals surface area contributed by atoms with Gasteiger partial charge in [0.2, 0.25) is 5.88 Å². The Balaban J connectivity index is 1.55. The molecule has 0 unspecified atom stereocenters. The zero-order chi connectivity index (χ0) is 26.4. The van der Waals surface area contributed by atoms with Crippen LogP contribution < -0.4 is 9.64 Å². The van der Waals surface area contributed by atoms with Crippen LogP contribution in [0.5, 0.6) is 17.4 Å². The first-order chi connectivity index (χ1) is 19.3. The van der Waals surface area contributed by atoms with E-state index in [1.165, 1.54) is 0 Å². The van der Waals surface area contributed by atoms with Crippen molar-refractivity contribution in [1.82, 2.24) is 9.97 Å². The van der Waals surface area contributed by atoms with Gasteiger partial charge in [-0.2, -0.15) is 0 Å². The molecule has 0 aliphatic heterocycles. The largest absolute Gasteiger partial charge is 0.507 e. The standard InChI is InChI=1S/C34H25N3O2/c38-32-19-8-7-18-29(32)30-21-22-31(37(26-13-3-1-4-14-26)27-15-5-2-6-16-27)34(36-30)25-12-11-17-28(24-25)39-33-20-9-10-23-35-33/h1-24,38H. The maximum absolute atomic E-state index is 10.6. The molecule has 39 heavy (non-hydrogen) atoms. The van der Waals surface area contributed by atoms with Gasteiger partial charge >= 0.3 is 0 Å². The summed E-state index contributed by atoms with van der Waals surface area (Å²) in [6.07, 6.45) is 1.70. The molecular formula is C34H25N3O2. The lowest BCUT2D eigenvalue weighted by molar-refractivity contribution is 0.463. The fourth-order valence-corrected chi connectivity index (χ4v) is 4.50. The van der Waals surface area contributed by atoms with Gasteiger partial charge in [-0.25, -0.2) is 9.97 Å². The van der Waals surface area contributed by atoms with Gasteiger partial charge in [0, 0.05) is 34.8 Å². The molecule has 6 aromatic rings. The van der Waals surface area contributed by atoms with Gasteiger partial charge in [-0.05, 0) is 66.7 Å². The summed E-state index contributed by atoms with van der Waals surface area (Å²) in [5.41, 5.74) is 5.84. The Kier molecular flexibility index (Phi) is 6.70. The zero-order valence-electron chi connectivity index (χ0n) is 21.1. The monoisotopic (exact) mass is 507 g/mol. The summed E-state index contributed by atoms with van der Waals surface area (Å²) >= 11 is 0. The molecule has 4 aromatic carbocycles. The average Bonchev–Trinajstić information content (AvgIpc) is 3.00. The maximum atomic E-state index is 10.6. The van der Waals surface area contributed by atoms with E-state index >= 15 is 0 Å². The van der Waals surface area contributed by atoms with E-state index in [1.807, 2.05) is 97.1 Å². The van der Waals surface area contributed by atoms with Crippen molar-refractivity contribution in [2.45, 2.75) is 0 Å². The Morgan fingerprint density at radius 2 is 1.31 bits per heavy atom. The van der Waals surface area contributed by atoms with Crippen LogP contribution in [0.4, 0.5) is 17.1 Å². The highest BCUT2D eigenvalue weighted by Crippen LogP contribution is 2.42. The topological polar surface area (TPSA) is 58.5 Å². The van der Waals surface area contributed by atoms with E-state index in [0.717, 1.165) is 28.3 Å². The van der Waals surface area contributed by atoms with Crippen LogP contribution in [-0.4, -0.2) is 15.1 Å². The second-order valence-corrected chi connectivity index (χ2v) is 8.89. The number of nitrogens with zero attached hydrogens (tertiary/aromatic N) is 3. The second kappa shape index (κ2) is 10.9.